The van der Waals surface area contributed by atoms with Gasteiger partial charge in [-0.15, -0.1) is 11.3 Å². The van der Waals surface area contributed by atoms with Gasteiger partial charge in [-0.3, -0.25) is 4.79 Å². The number of para-hydroxylation sites is 1. The Labute approximate surface area is 169 Å². The number of nitrogens with zero attached hydrogens (tertiary/aromatic N) is 3. The number of hydrogen-bond donors (Lipinski definition) is 2. The van der Waals surface area contributed by atoms with Gasteiger partial charge >= 0.3 is 0 Å². The van der Waals surface area contributed by atoms with Crippen molar-refractivity contribution in [2.45, 2.75) is 39.7 Å². The third kappa shape index (κ3) is 4.41. The molecule has 1 aromatic heterocycles. The molecule has 2 heterocycles. The molecular formula is C21H25N5OS. The van der Waals surface area contributed by atoms with Crippen LogP contribution in [0.25, 0.3) is 0 Å². The van der Waals surface area contributed by atoms with Crippen LogP contribution in [0.15, 0.2) is 30.0 Å². The summed E-state index contributed by atoms with van der Waals surface area (Å²) in [6.07, 6.45) is 4.00. The maximum absolute atomic E-state index is 12.7. The average Bonchev–Trinajstić information content (AvgIpc) is 3.10. The molecule has 1 aliphatic rings. The number of anilines is 2. The Kier molecular flexibility index (Phi) is 6.45. The van der Waals surface area contributed by atoms with Crippen molar-refractivity contribution in [3.05, 3.63) is 51.7 Å². The minimum absolute atomic E-state index is 0.0262. The molecule has 0 bridgehead atoms. The lowest BCUT2D eigenvalue weighted by atomic mass is 10.0. The van der Waals surface area contributed by atoms with Crippen LogP contribution in [-0.4, -0.2) is 29.4 Å². The Bertz CT molecular complexity index is 919. The molecule has 2 N–H and O–H groups in total. The van der Waals surface area contributed by atoms with E-state index in [2.05, 4.69) is 41.4 Å². The van der Waals surface area contributed by atoms with Gasteiger partial charge in [-0.25, -0.2) is 4.98 Å². The highest BCUT2D eigenvalue weighted by atomic mass is 32.1. The Morgan fingerprint density at radius 2 is 2.07 bits per heavy atom. The lowest BCUT2D eigenvalue weighted by molar-refractivity contribution is -0.112. The number of carbonyl (C=O) groups excluding carboxylic acids is 1. The van der Waals surface area contributed by atoms with Crippen molar-refractivity contribution < 1.29 is 4.79 Å². The normalized spacial score (nSPS) is 14.3. The van der Waals surface area contributed by atoms with Crippen molar-refractivity contribution in [2.24, 2.45) is 0 Å². The van der Waals surface area contributed by atoms with Gasteiger partial charge in [-0.2, -0.15) is 5.26 Å². The topological polar surface area (TPSA) is 81.0 Å². The molecule has 0 fully saturated rings. The molecule has 6 nitrogen and oxygen atoms in total. The first-order valence-electron chi connectivity index (χ1n) is 9.51. The summed E-state index contributed by atoms with van der Waals surface area (Å²) in [7, 11) is 2.09. The summed E-state index contributed by atoms with van der Waals surface area (Å²) in [6, 6.07) is 7.99. The maximum Gasteiger partial charge on any atom is 0.267 e. The highest BCUT2D eigenvalue weighted by Gasteiger charge is 2.18. The van der Waals surface area contributed by atoms with Crippen molar-refractivity contribution in [3.63, 3.8) is 0 Å². The first kappa shape index (κ1) is 20.1. The van der Waals surface area contributed by atoms with Gasteiger partial charge in [0.15, 0.2) is 5.13 Å². The van der Waals surface area contributed by atoms with Gasteiger partial charge in [-0.1, -0.05) is 32.0 Å². The second-order valence-corrected chi connectivity index (χ2v) is 7.89. The molecule has 2 aromatic rings. The van der Waals surface area contributed by atoms with Crippen LogP contribution >= 0.6 is 11.3 Å². The Morgan fingerprint density at radius 3 is 2.71 bits per heavy atom. The van der Waals surface area contributed by atoms with Crippen LogP contribution in [0.4, 0.5) is 10.8 Å². The molecule has 7 heteroatoms. The van der Waals surface area contributed by atoms with E-state index in [4.69, 9.17) is 0 Å². The zero-order valence-electron chi connectivity index (χ0n) is 16.5. The number of likely N-dealkylation sites (N-methyl/N-ethyl adjacent to an activating group) is 1. The van der Waals surface area contributed by atoms with Crippen molar-refractivity contribution >= 4 is 28.1 Å². The molecule has 0 unspecified atom stereocenters. The predicted octanol–water partition coefficient (Wildman–Crippen LogP) is 3.71. The van der Waals surface area contributed by atoms with E-state index in [1.165, 1.54) is 11.1 Å². The van der Waals surface area contributed by atoms with E-state index in [0.29, 0.717) is 5.13 Å². The Hall–Kier alpha value is -2.69. The van der Waals surface area contributed by atoms with Crippen LogP contribution < -0.4 is 10.6 Å². The zero-order valence-corrected chi connectivity index (χ0v) is 17.3. The van der Waals surface area contributed by atoms with Crippen LogP contribution in [0.1, 0.15) is 35.5 Å². The van der Waals surface area contributed by atoms with E-state index in [1.807, 2.05) is 24.3 Å². The van der Waals surface area contributed by atoms with E-state index in [-0.39, 0.29) is 5.57 Å². The highest BCUT2D eigenvalue weighted by molar-refractivity contribution is 7.15. The SMILES string of the molecule is CCc1cccc(CC)c1NC(=O)/C(C#N)=C\Nc1nc2c(s1)CN(C)CC2. The summed E-state index contributed by atoms with van der Waals surface area (Å²) in [5, 5.41) is 16.1. The number of nitriles is 1. The van der Waals surface area contributed by atoms with Crippen LogP contribution in [0.3, 0.4) is 0 Å². The number of amides is 1. The molecule has 1 aliphatic heterocycles. The van der Waals surface area contributed by atoms with E-state index in [9.17, 15) is 10.1 Å². The second-order valence-electron chi connectivity index (χ2n) is 6.80. The molecule has 0 saturated carbocycles. The standard InChI is InChI=1S/C21H25N5OS/c1-4-14-7-6-8-15(5-2)19(14)25-20(27)16(11-22)12-23-21-24-17-9-10-26(3)13-18(17)28-21/h6-8,12H,4-5,9-10,13H2,1-3H3,(H,23,24)(H,25,27)/b16-12-. The lowest BCUT2D eigenvalue weighted by Crippen LogP contribution is -2.25. The van der Waals surface area contributed by atoms with E-state index < -0.39 is 5.91 Å². The van der Waals surface area contributed by atoms with Crippen LogP contribution in [-0.2, 0) is 30.6 Å². The molecule has 0 atom stereocenters. The number of rotatable bonds is 6. The molecule has 0 saturated heterocycles. The van der Waals surface area contributed by atoms with Crippen molar-refractivity contribution in [1.29, 1.82) is 5.26 Å². The highest BCUT2D eigenvalue weighted by Crippen LogP contribution is 2.28. The number of benzene rings is 1. The quantitative estimate of drug-likeness (QED) is 0.576. The largest absolute Gasteiger partial charge is 0.337 e. The van der Waals surface area contributed by atoms with Gasteiger partial charge < -0.3 is 15.5 Å². The fraction of sp³-hybridized carbons (Fsp3) is 0.381. The third-order valence-electron chi connectivity index (χ3n) is 4.86. The number of thiazole rings is 1. The summed E-state index contributed by atoms with van der Waals surface area (Å²) in [4.78, 5) is 20.7. The number of hydrogen-bond acceptors (Lipinski definition) is 6. The predicted molar refractivity (Wildman–Crippen MR) is 113 cm³/mol. The van der Waals surface area contributed by atoms with Crippen LogP contribution in [0, 0.1) is 11.3 Å². The molecule has 3 rings (SSSR count). The smallest absolute Gasteiger partial charge is 0.267 e. The van der Waals surface area contributed by atoms with Crippen LogP contribution in [0.2, 0.25) is 0 Å². The van der Waals surface area contributed by atoms with E-state index >= 15 is 0 Å². The minimum atomic E-state index is -0.411. The third-order valence-corrected chi connectivity index (χ3v) is 5.88. The molecule has 28 heavy (non-hydrogen) atoms. The number of carbonyl (C=O) groups is 1. The Morgan fingerprint density at radius 1 is 1.36 bits per heavy atom. The van der Waals surface area contributed by atoms with Crippen molar-refractivity contribution in [1.82, 2.24) is 9.88 Å². The maximum atomic E-state index is 12.7. The van der Waals surface area contributed by atoms with Crippen LogP contribution in [0.5, 0.6) is 0 Å². The van der Waals surface area contributed by atoms with E-state index in [1.54, 1.807) is 11.3 Å². The van der Waals surface area contributed by atoms with E-state index in [0.717, 1.165) is 54.9 Å². The summed E-state index contributed by atoms with van der Waals surface area (Å²) in [5.41, 5.74) is 4.07. The molecule has 1 aromatic carbocycles. The zero-order chi connectivity index (χ0) is 20.1. The van der Waals surface area contributed by atoms with Gasteiger partial charge in [0, 0.05) is 36.3 Å². The van der Waals surface area contributed by atoms with Gasteiger partial charge in [0.1, 0.15) is 11.6 Å². The summed E-state index contributed by atoms with van der Waals surface area (Å²) < 4.78 is 0. The van der Waals surface area contributed by atoms with Gasteiger partial charge in [0.25, 0.3) is 5.91 Å². The second kappa shape index (κ2) is 9.00. The first-order valence-corrected chi connectivity index (χ1v) is 10.3. The molecule has 0 radical (unpaired) electrons. The van der Waals surface area contributed by atoms with Gasteiger partial charge in [0.2, 0.25) is 0 Å². The van der Waals surface area contributed by atoms with Gasteiger partial charge in [-0.05, 0) is 31.0 Å². The molecule has 0 spiro atoms. The van der Waals surface area contributed by atoms with Gasteiger partial charge in [0.05, 0.1) is 5.69 Å². The fourth-order valence-electron chi connectivity index (χ4n) is 3.25. The summed E-state index contributed by atoms with van der Waals surface area (Å²) in [6.45, 7) is 5.98. The minimum Gasteiger partial charge on any atom is -0.337 e. The molecule has 0 aliphatic carbocycles. The number of nitrogens with one attached hydrogen (secondary N) is 2. The molecule has 146 valence electrons. The lowest BCUT2D eigenvalue weighted by Gasteiger charge is -2.20. The fourth-order valence-corrected chi connectivity index (χ4v) is 4.31. The molecule has 1 amide bonds. The summed E-state index contributed by atoms with van der Waals surface area (Å²) >= 11 is 1.57. The van der Waals surface area contributed by atoms with Crippen molar-refractivity contribution in [2.75, 3.05) is 24.2 Å². The summed E-state index contributed by atoms with van der Waals surface area (Å²) in [5.74, 6) is -0.411. The monoisotopic (exact) mass is 395 g/mol. The molecular weight excluding hydrogens is 370 g/mol. The average molecular weight is 396 g/mol. The first-order chi connectivity index (χ1) is 13.5. The Balaban J connectivity index is 1.75. The number of aromatic nitrogens is 1. The van der Waals surface area contributed by atoms with Crippen molar-refractivity contribution in [3.8, 4) is 6.07 Å². The number of aryl methyl sites for hydroxylation is 2. The number of fused-ring (bicyclic) bond motifs is 1.